The summed E-state index contributed by atoms with van der Waals surface area (Å²) >= 11 is 0. The lowest BCUT2D eigenvalue weighted by atomic mass is 10.1. The van der Waals surface area contributed by atoms with Crippen LogP contribution in [0, 0.1) is 5.82 Å². The van der Waals surface area contributed by atoms with Crippen LogP contribution < -0.4 is 4.90 Å². The van der Waals surface area contributed by atoms with Crippen molar-refractivity contribution in [1.29, 1.82) is 0 Å². The van der Waals surface area contributed by atoms with E-state index in [9.17, 15) is 5.11 Å². The van der Waals surface area contributed by atoms with Crippen LogP contribution in [-0.4, -0.2) is 66.6 Å². The second-order valence-corrected chi connectivity index (χ2v) is 14.9. The summed E-state index contributed by atoms with van der Waals surface area (Å²) in [4.78, 5) is 15.9. The van der Waals surface area contributed by atoms with Gasteiger partial charge in [0.1, 0.15) is 12.4 Å². The van der Waals surface area contributed by atoms with Crippen molar-refractivity contribution >= 4 is 20.0 Å². The molecule has 1 atom stereocenters. The fourth-order valence-electron chi connectivity index (χ4n) is 3.02. The maximum absolute atomic E-state index is 15.2. The zero-order chi connectivity index (χ0) is 24.9. The lowest BCUT2D eigenvalue weighted by Gasteiger charge is -2.36. The molecule has 1 aromatic heterocycles. The molecule has 0 bridgehead atoms. The Labute approximate surface area is 201 Å². The number of anilines is 1. The number of oxime groups is 1. The Bertz CT molecular complexity index is 987. The van der Waals surface area contributed by atoms with E-state index < -0.39 is 14.4 Å². The molecular weight excluding hydrogens is 455 g/mol. The summed E-state index contributed by atoms with van der Waals surface area (Å²) in [6, 6.07) is 5.31. The third kappa shape index (κ3) is 6.38. The molecule has 186 valence electrons. The zero-order valence-corrected chi connectivity index (χ0v) is 21.6. The molecule has 1 aliphatic heterocycles. The second-order valence-electron chi connectivity index (χ2n) is 10.1. The van der Waals surface area contributed by atoms with Gasteiger partial charge in [0.05, 0.1) is 38.1 Å². The highest BCUT2D eigenvalue weighted by molar-refractivity contribution is 6.74. The lowest BCUT2D eigenvalue weighted by Crippen LogP contribution is -2.48. The molecular formula is C24H35FN4O4Si. The van der Waals surface area contributed by atoms with E-state index in [1.165, 1.54) is 0 Å². The van der Waals surface area contributed by atoms with Crippen molar-refractivity contribution in [3.05, 3.63) is 42.0 Å². The number of aliphatic hydroxyl groups is 2. The van der Waals surface area contributed by atoms with E-state index in [-0.39, 0.29) is 30.7 Å². The molecule has 34 heavy (non-hydrogen) atoms. The standard InChI is InChI=1S/C24H35FN4O4Si/c1-24(2,3)34(4,5)33-16-17-7-6-8-21(22(17)25)18-11-26-23(27-12-18)29-13-19(14-29)28-32-10-9-20(31)15-30/h6-8,11-12,20,30-31H,9-10,13-16H2,1-5H3. The van der Waals surface area contributed by atoms with E-state index in [0.717, 1.165) is 5.71 Å². The van der Waals surface area contributed by atoms with Gasteiger partial charge in [-0.3, -0.25) is 0 Å². The molecule has 8 nitrogen and oxygen atoms in total. The van der Waals surface area contributed by atoms with Crippen molar-refractivity contribution in [2.24, 2.45) is 5.16 Å². The van der Waals surface area contributed by atoms with Crippen molar-refractivity contribution in [2.75, 3.05) is 31.2 Å². The molecule has 2 N–H and O–H groups in total. The summed E-state index contributed by atoms with van der Waals surface area (Å²) in [5.74, 6) is 0.232. The van der Waals surface area contributed by atoms with Crippen molar-refractivity contribution in [2.45, 2.75) is 58.0 Å². The van der Waals surface area contributed by atoms with Crippen LogP contribution in [-0.2, 0) is 15.9 Å². The maximum atomic E-state index is 15.2. The first-order chi connectivity index (χ1) is 16.0. The van der Waals surface area contributed by atoms with Crippen molar-refractivity contribution in [1.82, 2.24) is 9.97 Å². The monoisotopic (exact) mass is 490 g/mol. The van der Waals surface area contributed by atoms with Crippen molar-refractivity contribution < 1.29 is 23.9 Å². The average Bonchev–Trinajstić information content (AvgIpc) is 2.76. The molecule has 1 fully saturated rings. The van der Waals surface area contributed by atoms with Crippen LogP contribution in [0.1, 0.15) is 32.8 Å². The van der Waals surface area contributed by atoms with E-state index in [1.54, 1.807) is 24.5 Å². The number of nitrogens with zero attached hydrogens (tertiary/aromatic N) is 4. The number of hydrogen-bond acceptors (Lipinski definition) is 8. The van der Waals surface area contributed by atoms with E-state index in [0.29, 0.717) is 42.1 Å². The Kier molecular flexibility index (Phi) is 8.40. The molecule has 10 heteroatoms. The molecule has 0 radical (unpaired) electrons. The molecule has 0 aliphatic carbocycles. The summed E-state index contributed by atoms with van der Waals surface area (Å²) in [6.45, 7) is 12.1. The normalized spacial score (nSPS) is 15.2. The summed E-state index contributed by atoms with van der Waals surface area (Å²) < 4.78 is 21.5. The van der Waals surface area contributed by atoms with Gasteiger partial charge in [0.2, 0.25) is 5.95 Å². The van der Waals surface area contributed by atoms with Gasteiger partial charge >= 0.3 is 0 Å². The minimum absolute atomic E-state index is 0.0563. The molecule has 0 saturated carbocycles. The number of rotatable bonds is 10. The Morgan fingerprint density at radius 1 is 1.21 bits per heavy atom. The summed E-state index contributed by atoms with van der Waals surface area (Å²) in [6.07, 6.45) is 2.78. The number of aromatic nitrogens is 2. The van der Waals surface area contributed by atoms with E-state index in [1.807, 2.05) is 11.0 Å². The average molecular weight is 491 g/mol. The topological polar surface area (TPSA) is 100 Å². The van der Waals surface area contributed by atoms with Crippen LogP contribution >= 0.6 is 0 Å². The van der Waals surface area contributed by atoms with Gasteiger partial charge in [0.25, 0.3) is 0 Å². The van der Waals surface area contributed by atoms with E-state index >= 15 is 4.39 Å². The summed E-state index contributed by atoms with van der Waals surface area (Å²) in [5, 5.41) is 22.1. The molecule has 1 aliphatic rings. The molecule has 0 spiro atoms. The third-order valence-corrected chi connectivity index (χ3v) is 10.9. The number of halogens is 1. The van der Waals surface area contributed by atoms with Gasteiger partial charge in [-0.15, -0.1) is 0 Å². The van der Waals surface area contributed by atoms with E-state index in [4.69, 9.17) is 14.4 Å². The lowest BCUT2D eigenvalue weighted by molar-refractivity contribution is 0.0501. The molecule has 2 heterocycles. The predicted octanol–water partition coefficient (Wildman–Crippen LogP) is 3.74. The number of benzene rings is 1. The first-order valence-electron chi connectivity index (χ1n) is 11.5. The maximum Gasteiger partial charge on any atom is 0.225 e. The van der Waals surface area contributed by atoms with E-state index in [2.05, 4.69) is 49.0 Å². The molecule has 1 unspecified atom stereocenters. The Morgan fingerprint density at radius 2 is 1.88 bits per heavy atom. The zero-order valence-electron chi connectivity index (χ0n) is 20.6. The van der Waals surface area contributed by atoms with Gasteiger partial charge in [-0.05, 0) is 18.1 Å². The van der Waals surface area contributed by atoms with Crippen molar-refractivity contribution in [3.63, 3.8) is 0 Å². The van der Waals surface area contributed by atoms with Gasteiger partial charge in [-0.25, -0.2) is 14.4 Å². The third-order valence-electron chi connectivity index (χ3n) is 6.40. The highest BCUT2D eigenvalue weighted by Crippen LogP contribution is 2.37. The number of aliphatic hydroxyl groups excluding tert-OH is 2. The largest absolute Gasteiger partial charge is 0.412 e. The van der Waals surface area contributed by atoms with Crippen LogP contribution in [0.5, 0.6) is 0 Å². The van der Waals surface area contributed by atoms with Crippen LogP contribution in [0.4, 0.5) is 10.3 Å². The molecule has 0 amide bonds. The molecule has 1 saturated heterocycles. The van der Waals surface area contributed by atoms with Gasteiger partial charge in [-0.2, -0.15) is 0 Å². The fraction of sp³-hybridized carbons (Fsp3) is 0.542. The Balaban J connectivity index is 1.59. The van der Waals surface area contributed by atoms with Gasteiger partial charge < -0.3 is 24.4 Å². The fourth-order valence-corrected chi connectivity index (χ4v) is 3.97. The van der Waals surface area contributed by atoms with Gasteiger partial charge in [-0.1, -0.05) is 44.1 Å². The number of hydrogen-bond donors (Lipinski definition) is 2. The second kappa shape index (κ2) is 10.9. The van der Waals surface area contributed by atoms with Crippen LogP contribution in [0.3, 0.4) is 0 Å². The van der Waals surface area contributed by atoms with Crippen LogP contribution in [0.2, 0.25) is 18.1 Å². The minimum Gasteiger partial charge on any atom is -0.412 e. The SMILES string of the molecule is CC(C)(C)[Si](C)(C)OCc1cccc(-c2cnc(N3CC(=NOCCC(O)CO)C3)nc2)c1F. The Morgan fingerprint density at radius 3 is 2.50 bits per heavy atom. The minimum atomic E-state index is -1.99. The molecule has 3 rings (SSSR count). The highest BCUT2D eigenvalue weighted by atomic mass is 28.4. The van der Waals surface area contributed by atoms with Crippen molar-refractivity contribution in [3.8, 4) is 11.1 Å². The Hall–Kier alpha value is -2.40. The first kappa shape index (κ1) is 26.2. The van der Waals surface area contributed by atoms with Crippen LogP contribution in [0.15, 0.2) is 35.7 Å². The van der Waals surface area contributed by atoms with Crippen LogP contribution in [0.25, 0.3) is 11.1 Å². The quantitative estimate of drug-likeness (QED) is 0.297. The van der Waals surface area contributed by atoms with Gasteiger partial charge in [0.15, 0.2) is 8.32 Å². The predicted molar refractivity (Wildman–Crippen MR) is 133 cm³/mol. The first-order valence-corrected chi connectivity index (χ1v) is 14.4. The summed E-state index contributed by atoms with van der Waals surface area (Å²) in [5.41, 5.74) is 2.43. The molecule has 2 aromatic rings. The summed E-state index contributed by atoms with van der Waals surface area (Å²) in [7, 11) is -1.99. The smallest absolute Gasteiger partial charge is 0.225 e. The highest BCUT2D eigenvalue weighted by Gasteiger charge is 2.37. The van der Waals surface area contributed by atoms with Gasteiger partial charge in [0, 0.05) is 35.5 Å². The molecule has 1 aromatic carbocycles.